The summed E-state index contributed by atoms with van der Waals surface area (Å²) in [5.74, 6) is 0.273. The lowest BCUT2D eigenvalue weighted by atomic mass is 9.99. The van der Waals surface area contributed by atoms with Crippen molar-refractivity contribution in [2.75, 3.05) is 20.1 Å². The summed E-state index contributed by atoms with van der Waals surface area (Å²) in [5, 5.41) is 3.05. The van der Waals surface area contributed by atoms with Crippen molar-refractivity contribution >= 4 is 18.3 Å². The lowest BCUT2D eigenvalue weighted by Crippen LogP contribution is -2.32. The van der Waals surface area contributed by atoms with E-state index in [2.05, 4.69) is 42.3 Å². The largest absolute Gasteiger partial charge is 0.336 e. The molecule has 0 spiro atoms. The monoisotopic (exact) mass is 296 g/mol. The Balaban J connectivity index is 0.00000200. The Morgan fingerprint density at radius 1 is 1.35 bits per heavy atom. The van der Waals surface area contributed by atoms with E-state index in [0.717, 1.165) is 25.9 Å². The molecule has 0 bridgehead atoms. The fourth-order valence-electron chi connectivity index (χ4n) is 2.76. The molecule has 1 atom stereocenters. The van der Waals surface area contributed by atoms with Gasteiger partial charge in [0.1, 0.15) is 0 Å². The van der Waals surface area contributed by atoms with Crippen molar-refractivity contribution in [3.05, 3.63) is 34.9 Å². The van der Waals surface area contributed by atoms with Crippen LogP contribution in [-0.4, -0.2) is 30.9 Å². The van der Waals surface area contributed by atoms with E-state index in [1.54, 1.807) is 0 Å². The molecule has 1 aromatic carbocycles. The second kappa shape index (κ2) is 7.65. The molecule has 1 heterocycles. The van der Waals surface area contributed by atoms with Crippen molar-refractivity contribution < 1.29 is 4.79 Å². The Labute approximate surface area is 128 Å². The second-order valence-electron chi connectivity index (χ2n) is 5.44. The molecule has 4 heteroatoms. The molecule has 0 aromatic heterocycles. The minimum absolute atomic E-state index is 0. The van der Waals surface area contributed by atoms with Gasteiger partial charge in [-0.1, -0.05) is 18.2 Å². The number of carbonyl (C=O) groups excluding carboxylic acids is 1. The Morgan fingerprint density at radius 3 is 2.75 bits per heavy atom. The van der Waals surface area contributed by atoms with E-state index in [4.69, 9.17) is 0 Å². The Hall–Kier alpha value is -1.06. The average Bonchev–Trinajstić information content (AvgIpc) is 2.88. The predicted octanol–water partition coefficient (Wildman–Crippen LogP) is 3.00. The molecule has 0 saturated carbocycles. The number of rotatable bonds is 4. The highest BCUT2D eigenvalue weighted by Crippen LogP contribution is 2.33. The first-order chi connectivity index (χ1) is 9.13. The number of amides is 1. The number of carbonyl (C=O) groups is 1. The number of likely N-dealkylation sites (tertiary alicyclic amines) is 1. The molecule has 0 aliphatic carbocycles. The van der Waals surface area contributed by atoms with E-state index in [1.807, 2.05) is 7.05 Å². The van der Waals surface area contributed by atoms with Crippen molar-refractivity contribution in [3.8, 4) is 0 Å². The van der Waals surface area contributed by atoms with E-state index in [0.29, 0.717) is 6.42 Å². The van der Waals surface area contributed by atoms with Gasteiger partial charge >= 0.3 is 0 Å². The molecule has 112 valence electrons. The highest BCUT2D eigenvalue weighted by molar-refractivity contribution is 5.85. The van der Waals surface area contributed by atoms with Crippen LogP contribution < -0.4 is 5.32 Å². The van der Waals surface area contributed by atoms with Crippen LogP contribution >= 0.6 is 12.4 Å². The standard InChI is InChI=1S/C16H24N2O.ClH/c1-12-6-7-14(11-13(12)2)15-5-4-10-18(15)16(19)8-9-17-3;/h6-7,11,15,17H,4-5,8-10H2,1-3H3;1H. The highest BCUT2D eigenvalue weighted by atomic mass is 35.5. The third kappa shape index (κ3) is 3.74. The van der Waals surface area contributed by atoms with Crippen molar-refractivity contribution in [2.45, 2.75) is 39.2 Å². The smallest absolute Gasteiger partial charge is 0.224 e. The van der Waals surface area contributed by atoms with Gasteiger partial charge in [0.15, 0.2) is 0 Å². The van der Waals surface area contributed by atoms with Gasteiger partial charge in [0.2, 0.25) is 5.91 Å². The summed E-state index contributed by atoms with van der Waals surface area (Å²) in [7, 11) is 1.89. The van der Waals surface area contributed by atoms with Crippen molar-refractivity contribution in [2.24, 2.45) is 0 Å². The van der Waals surface area contributed by atoms with Crippen LogP contribution in [0.2, 0.25) is 0 Å². The van der Waals surface area contributed by atoms with Gasteiger partial charge in [0.05, 0.1) is 6.04 Å². The van der Waals surface area contributed by atoms with Crippen molar-refractivity contribution in [3.63, 3.8) is 0 Å². The van der Waals surface area contributed by atoms with Gasteiger partial charge in [-0.15, -0.1) is 12.4 Å². The quantitative estimate of drug-likeness (QED) is 0.926. The number of aryl methyl sites for hydroxylation is 2. The zero-order valence-corrected chi connectivity index (χ0v) is 13.4. The highest BCUT2D eigenvalue weighted by Gasteiger charge is 2.29. The fraction of sp³-hybridized carbons (Fsp3) is 0.562. The van der Waals surface area contributed by atoms with Crippen LogP contribution in [0.1, 0.15) is 42.0 Å². The molecule has 0 radical (unpaired) electrons. The van der Waals surface area contributed by atoms with Crippen LogP contribution in [0.4, 0.5) is 0 Å². The van der Waals surface area contributed by atoms with Crippen molar-refractivity contribution in [1.29, 1.82) is 0 Å². The number of benzene rings is 1. The molecule has 20 heavy (non-hydrogen) atoms. The molecule has 1 aliphatic rings. The zero-order chi connectivity index (χ0) is 13.8. The van der Waals surface area contributed by atoms with Crippen LogP contribution in [0.5, 0.6) is 0 Å². The van der Waals surface area contributed by atoms with Gasteiger partial charge < -0.3 is 10.2 Å². The van der Waals surface area contributed by atoms with Gasteiger partial charge in [-0.05, 0) is 50.4 Å². The van der Waals surface area contributed by atoms with Gasteiger partial charge in [-0.2, -0.15) is 0 Å². The maximum atomic E-state index is 12.2. The topological polar surface area (TPSA) is 32.3 Å². The lowest BCUT2D eigenvalue weighted by Gasteiger charge is -2.25. The van der Waals surface area contributed by atoms with Crippen LogP contribution in [0, 0.1) is 13.8 Å². The van der Waals surface area contributed by atoms with Gasteiger partial charge in [-0.25, -0.2) is 0 Å². The molecule has 3 nitrogen and oxygen atoms in total. The molecule has 1 fully saturated rings. The average molecular weight is 297 g/mol. The maximum Gasteiger partial charge on any atom is 0.224 e. The molecule has 2 rings (SSSR count). The molecule has 1 N–H and O–H groups in total. The van der Waals surface area contributed by atoms with Gasteiger partial charge in [0.25, 0.3) is 0 Å². The van der Waals surface area contributed by atoms with E-state index in [-0.39, 0.29) is 24.4 Å². The molecular weight excluding hydrogens is 272 g/mol. The summed E-state index contributed by atoms with van der Waals surface area (Å²) < 4.78 is 0. The normalized spacial score (nSPS) is 17.9. The first kappa shape index (κ1) is 17.0. The maximum absolute atomic E-state index is 12.2. The first-order valence-electron chi connectivity index (χ1n) is 7.14. The van der Waals surface area contributed by atoms with Crippen LogP contribution in [0.15, 0.2) is 18.2 Å². The van der Waals surface area contributed by atoms with Crippen LogP contribution in [-0.2, 0) is 4.79 Å². The van der Waals surface area contributed by atoms with E-state index >= 15 is 0 Å². The zero-order valence-electron chi connectivity index (χ0n) is 12.6. The first-order valence-corrected chi connectivity index (χ1v) is 7.14. The van der Waals surface area contributed by atoms with E-state index in [9.17, 15) is 4.79 Å². The predicted molar refractivity (Wildman–Crippen MR) is 85.4 cm³/mol. The fourth-order valence-corrected chi connectivity index (χ4v) is 2.76. The molecule has 1 saturated heterocycles. The number of nitrogens with one attached hydrogen (secondary N) is 1. The van der Waals surface area contributed by atoms with Crippen LogP contribution in [0.3, 0.4) is 0 Å². The van der Waals surface area contributed by atoms with E-state index < -0.39 is 0 Å². The van der Waals surface area contributed by atoms with Gasteiger partial charge in [0, 0.05) is 19.5 Å². The molecule has 1 aliphatic heterocycles. The van der Waals surface area contributed by atoms with Crippen molar-refractivity contribution in [1.82, 2.24) is 10.2 Å². The Kier molecular flexibility index (Phi) is 6.50. The third-order valence-corrected chi connectivity index (χ3v) is 4.08. The van der Waals surface area contributed by atoms with Gasteiger partial charge in [-0.3, -0.25) is 4.79 Å². The second-order valence-corrected chi connectivity index (χ2v) is 5.44. The lowest BCUT2D eigenvalue weighted by molar-refractivity contribution is -0.132. The summed E-state index contributed by atoms with van der Waals surface area (Å²) in [5.41, 5.74) is 3.92. The minimum Gasteiger partial charge on any atom is -0.336 e. The number of halogens is 1. The summed E-state index contributed by atoms with van der Waals surface area (Å²) in [6.07, 6.45) is 2.80. The molecular formula is C16H25ClN2O. The number of hydrogen-bond acceptors (Lipinski definition) is 2. The molecule has 1 amide bonds. The number of hydrogen-bond donors (Lipinski definition) is 1. The summed E-state index contributed by atoms with van der Waals surface area (Å²) in [4.78, 5) is 14.3. The Bertz CT molecular complexity index is 462. The summed E-state index contributed by atoms with van der Waals surface area (Å²) >= 11 is 0. The number of nitrogens with zero attached hydrogens (tertiary/aromatic N) is 1. The minimum atomic E-state index is 0. The van der Waals surface area contributed by atoms with E-state index in [1.165, 1.54) is 16.7 Å². The SMILES string of the molecule is CNCCC(=O)N1CCCC1c1ccc(C)c(C)c1.Cl. The molecule has 1 unspecified atom stereocenters. The van der Waals surface area contributed by atoms with Crippen LogP contribution in [0.25, 0.3) is 0 Å². The molecule has 1 aromatic rings. The Morgan fingerprint density at radius 2 is 2.10 bits per heavy atom. The third-order valence-electron chi connectivity index (χ3n) is 4.08. The summed E-state index contributed by atoms with van der Waals surface area (Å²) in [6.45, 7) is 5.93. The summed E-state index contributed by atoms with van der Waals surface area (Å²) in [6, 6.07) is 6.86.